The summed E-state index contributed by atoms with van der Waals surface area (Å²) in [4.78, 5) is 14.1. The van der Waals surface area contributed by atoms with Gasteiger partial charge in [0.2, 0.25) is 5.91 Å². The van der Waals surface area contributed by atoms with Gasteiger partial charge in [-0.1, -0.05) is 17.7 Å². The zero-order valence-electron chi connectivity index (χ0n) is 10.2. The van der Waals surface area contributed by atoms with Crippen molar-refractivity contribution < 1.29 is 4.79 Å². The Morgan fingerprint density at radius 1 is 1.61 bits per heavy atom. The van der Waals surface area contributed by atoms with Crippen LogP contribution in [0.5, 0.6) is 0 Å². The van der Waals surface area contributed by atoms with Crippen molar-refractivity contribution in [2.75, 3.05) is 19.6 Å². The molecule has 0 unspecified atom stereocenters. The molecule has 1 atom stereocenters. The Labute approximate surface area is 121 Å². The van der Waals surface area contributed by atoms with Gasteiger partial charge in [0, 0.05) is 30.1 Å². The third kappa shape index (κ3) is 3.46. The lowest BCUT2D eigenvalue weighted by molar-refractivity contribution is -0.131. The second kappa shape index (κ2) is 6.04. The molecule has 1 aliphatic heterocycles. The third-order valence-corrected chi connectivity index (χ3v) is 4.27. The van der Waals surface area contributed by atoms with Crippen molar-refractivity contribution in [2.24, 2.45) is 0 Å². The number of nitrogens with one attached hydrogen (secondary N) is 1. The first kappa shape index (κ1) is 13.8. The van der Waals surface area contributed by atoms with E-state index in [2.05, 4.69) is 28.2 Å². The molecule has 1 aromatic rings. The zero-order valence-corrected chi connectivity index (χ0v) is 12.6. The van der Waals surface area contributed by atoms with Crippen molar-refractivity contribution in [2.45, 2.75) is 19.4 Å². The quantitative estimate of drug-likeness (QED) is 0.903. The van der Waals surface area contributed by atoms with Crippen molar-refractivity contribution in [3.05, 3.63) is 33.3 Å². The van der Waals surface area contributed by atoms with Crippen molar-refractivity contribution in [3.8, 4) is 0 Å². The maximum Gasteiger partial charge on any atom is 0.227 e. The number of hydrogen-bond acceptors (Lipinski definition) is 2. The Balaban J connectivity index is 2.00. The molecular weight excluding hydrogens is 316 g/mol. The van der Waals surface area contributed by atoms with E-state index < -0.39 is 0 Å². The molecular formula is C13H16BrClN2O. The van der Waals surface area contributed by atoms with Crippen LogP contribution in [0.25, 0.3) is 0 Å². The lowest BCUT2D eigenvalue weighted by Crippen LogP contribution is -2.51. The molecule has 0 saturated carbocycles. The number of nitrogens with zero attached hydrogens (tertiary/aromatic N) is 1. The average molecular weight is 332 g/mol. The highest BCUT2D eigenvalue weighted by Gasteiger charge is 2.20. The minimum Gasteiger partial charge on any atom is -0.340 e. The Hall–Kier alpha value is -0.580. The maximum absolute atomic E-state index is 12.2. The summed E-state index contributed by atoms with van der Waals surface area (Å²) in [6, 6.07) is 6.00. The van der Waals surface area contributed by atoms with Gasteiger partial charge >= 0.3 is 0 Å². The van der Waals surface area contributed by atoms with E-state index in [0.29, 0.717) is 17.5 Å². The van der Waals surface area contributed by atoms with Crippen molar-refractivity contribution in [1.82, 2.24) is 10.2 Å². The molecule has 1 amide bonds. The summed E-state index contributed by atoms with van der Waals surface area (Å²) in [6.45, 7) is 4.54. The fraction of sp³-hybridized carbons (Fsp3) is 0.462. The van der Waals surface area contributed by atoms with E-state index in [4.69, 9.17) is 11.6 Å². The Morgan fingerprint density at radius 2 is 2.39 bits per heavy atom. The number of carbonyl (C=O) groups excluding carboxylic acids is 1. The predicted molar refractivity (Wildman–Crippen MR) is 76.9 cm³/mol. The van der Waals surface area contributed by atoms with Gasteiger partial charge in [-0.25, -0.2) is 0 Å². The first-order valence-electron chi connectivity index (χ1n) is 6.01. The van der Waals surface area contributed by atoms with Crippen LogP contribution in [-0.2, 0) is 11.2 Å². The molecule has 0 aromatic heterocycles. The maximum atomic E-state index is 12.2. The van der Waals surface area contributed by atoms with Crippen molar-refractivity contribution >= 4 is 33.4 Å². The summed E-state index contributed by atoms with van der Waals surface area (Å²) in [7, 11) is 0. The lowest BCUT2D eigenvalue weighted by Gasteiger charge is -2.32. The minimum atomic E-state index is 0.178. The SMILES string of the molecule is C[C@@H]1CN(C(=O)Cc2ccc(Cl)c(Br)c2)CCN1. The Morgan fingerprint density at radius 3 is 3.06 bits per heavy atom. The summed E-state index contributed by atoms with van der Waals surface area (Å²) >= 11 is 9.31. The summed E-state index contributed by atoms with van der Waals surface area (Å²) in [6.07, 6.45) is 0.433. The average Bonchev–Trinajstić information content (AvgIpc) is 2.34. The van der Waals surface area contributed by atoms with Gasteiger partial charge in [-0.15, -0.1) is 0 Å². The van der Waals surface area contributed by atoms with Crippen LogP contribution in [0.3, 0.4) is 0 Å². The molecule has 0 spiro atoms. The standard InChI is InChI=1S/C13H16BrClN2O/c1-9-8-17(5-4-16-9)13(18)7-10-2-3-12(15)11(14)6-10/h2-3,6,9,16H,4-5,7-8H2,1H3/t9-/m1/s1. The molecule has 98 valence electrons. The van der Waals surface area contributed by atoms with Crippen LogP contribution < -0.4 is 5.32 Å². The fourth-order valence-corrected chi connectivity index (χ4v) is 2.64. The first-order chi connectivity index (χ1) is 8.56. The summed E-state index contributed by atoms with van der Waals surface area (Å²) in [5, 5.41) is 4.00. The number of piperazine rings is 1. The van der Waals surface area contributed by atoms with Crippen LogP contribution in [0.2, 0.25) is 5.02 Å². The normalized spacial score (nSPS) is 19.9. The highest BCUT2D eigenvalue weighted by Crippen LogP contribution is 2.23. The largest absolute Gasteiger partial charge is 0.340 e. The van der Waals surface area contributed by atoms with Crippen LogP contribution in [0, 0.1) is 0 Å². The van der Waals surface area contributed by atoms with E-state index in [0.717, 1.165) is 29.7 Å². The smallest absolute Gasteiger partial charge is 0.227 e. The number of rotatable bonds is 2. The molecule has 18 heavy (non-hydrogen) atoms. The van der Waals surface area contributed by atoms with Gasteiger partial charge < -0.3 is 10.2 Å². The van der Waals surface area contributed by atoms with Gasteiger partial charge in [0.05, 0.1) is 11.4 Å². The highest BCUT2D eigenvalue weighted by molar-refractivity contribution is 9.10. The molecule has 1 fully saturated rings. The number of hydrogen-bond donors (Lipinski definition) is 1. The van der Waals surface area contributed by atoms with Gasteiger partial charge in [0.1, 0.15) is 0 Å². The number of carbonyl (C=O) groups is 1. The molecule has 0 radical (unpaired) electrons. The second-order valence-corrected chi connectivity index (χ2v) is 5.88. The van der Waals surface area contributed by atoms with E-state index in [9.17, 15) is 4.79 Å². The zero-order chi connectivity index (χ0) is 13.1. The van der Waals surface area contributed by atoms with Gasteiger partial charge in [-0.3, -0.25) is 4.79 Å². The van der Waals surface area contributed by atoms with Gasteiger partial charge in [0.15, 0.2) is 0 Å². The molecule has 5 heteroatoms. The van der Waals surface area contributed by atoms with Gasteiger partial charge in [-0.2, -0.15) is 0 Å². The van der Waals surface area contributed by atoms with E-state index in [-0.39, 0.29) is 5.91 Å². The number of benzene rings is 1. The first-order valence-corrected chi connectivity index (χ1v) is 7.18. The van der Waals surface area contributed by atoms with E-state index in [1.165, 1.54) is 0 Å². The van der Waals surface area contributed by atoms with Gasteiger partial charge in [-0.05, 0) is 40.5 Å². The Kier molecular flexibility index (Phi) is 4.65. The van der Waals surface area contributed by atoms with Gasteiger partial charge in [0.25, 0.3) is 0 Å². The fourth-order valence-electron chi connectivity index (χ4n) is 2.09. The van der Waals surface area contributed by atoms with E-state index >= 15 is 0 Å². The van der Waals surface area contributed by atoms with Crippen LogP contribution in [0.1, 0.15) is 12.5 Å². The molecule has 1 saturated heterocycles. The molecule has 1 heterocycles. The van der Waals surface area contributed by atoms with E-state index in [1.54, 1.807) is 0 Å². The van der Waals surface area contributed by atoms with E-state index in [1.807, 2.05) is 23.1 Å². The molecule has 1 aromatic carbocycles. The monoisotopic (exact) mass is 330 g/mol. The molecule has 3 nitrogen and oxygen atoms in total. The van der Waals surface area contributed by atoms with Crippen LogP contribution in [0.15, 0.2) is 22.7 Å². The van der Waals surface area contributed by atoms with Crippen molar-refractivity contribution in [1.29, 1.82) is 0 Å². The molecule has 2 rings (SSSR count). The number of halogens is 2. The number of amides is 1. The topological polar surface area (TPSA) is 32.3 Å². The van der Waals surface area contributed by atoms with Crippen LogP contribution >= 0.6 is 27.5 Å². The Bertz CT molecular complexity index is 453. The predicted octanol–water partition coefficient (Wildman–Crippen LogP) is 2.47. The third-order valence-electron chi connectivity index (χ3n) is 3.06. The van der Waals surface area contributed by atoms with Crippen LogP contribution in [0.4, 0.5) is 0 Å². The summed E-state index contributed by atoms with van der Waals surface area (Å²) in [5.74, 6) is 0.178. The molecule has 1 N–H and O–H groups in total. The van der Waals surface area contributed by atoms with Crippen molar-refractivity contribution in [3.63, 3.8) is 0 Å². The molecule has 0 bridgehead atoms. The lowest BCUT2D eigenvalue weighted by atomic mass is 10.1. The van der Waals surface area contributed by atoms with Crippen LogP contribution in [-0.4, -0.2) is 36.5 Å². The summed E-state index contributed by atoms with van der Waals surface area (Å²) < 4.78 is 0.836. The minimum absolute atomic E-state index is 0.178. The molecule has 1 aliphatic rings. The summed E-state index contributed by atoms with van der Waals surface area (Å²) in [5.41, 5.74) is 0.988. The highest BCUT2D eigenvalue weighted by atomic mass is 79.9. The second-order valence-electron chi connectivity index (χ2n) is 4.62. The molecule has 0 aliphatic carbocycles.